The lowest BCUT2D eigenvalue weighted by atomic mass is 10.1. The van der Waals surface area contributed by atoms with Crippen molar-refractivity contribution in [2.45, 2.75) is 26.7 Å². The van der Waals surface area contributed by atoms with Crippen LogP contribution in [-0.2, 0) is 24.7 Å². The number of hydrogen-bond acceptors (Lipinski definition) is 5. The first-order valence-electron chi connectivity index (χ1n) is 6.82. The van der Waals surface area contributed by atoms with Gasteiger partial charge >= 0.3 is 5.97 Å². The molecule has 0 saturated heterocycles. The van der Waals surface area contributed by atoms with Crippen molar-refractivity contribution >= 4 is 23.2 Å². The fourth-order valence-electron chi connectivity index (χ4n) is 2.13. The Bertz CT molecular complexity index is 705. The third kappa shape index (κ3) is 3.70. The van der Waals surface area contributed by atoms with E-state index in [1.807, 2.05) is 20.9 Å². The molecule has 0 saturated carbocycles. The van der Waals surface area contributed by atoms with E-state index in [0.717, 1.165) is 17.0 Å². The molecule has 22 heavy (non-hydrogen) atoms. The predicted octanol–water partition coefficient (Wildman–Crippen LogP) is 1.09. The van der Waals surface area contributed by atoms with E-state index in [4.69, 9.17) is 5.11 Å². The van der Waals surface area contributed by atoms with E-state index in [9.17, 15) is 9.59 Å². The monoisotopic (exact) mass is 322 g/mol. The number of nitrogens with one attached hydrogen (secondary N) is 1. The minimum Gasteiger partial charge on any atom is -0.476 e. The van der Waals surface area contributed by atoms with Gasteiger partial charge in [0.05, 0.1) is 17.1 Å². The number of carboxylic acid groups (broad SMARTS) is 1. The number of thiazole rings is 1. The highest BCUT2D eigenvalue weighted by Gasteiger charge is 2.13. The lowest BCUT2D eigenvalue weighted by Gasteiger charge is -2.04. The van der Waals surface area contributed by atoms with Crippen LogP contribution in [-0.4, -0.2) is 38.3 Å². The van der Waals surface area contributed by atoms with Gasteiger partial charge in [-0.1, -0.05) is 0 Å². The summed E-state index contributed by atoms with van der Waals surface area (Å²) in [6.07, 6.45) is 0.818. The molecular formula is C14H18N4O3S. The molecule has 0 aromatic carbocycles. The van der Waals surface area contributed by atoms with Gasteiger partial charge in [0, 0.05) is 36.7 Å². The zero-order chi connectivity index (χ0) is 16.3. The van der Waals surface area contributed by atoms with Crippen LogP contribution in [0.1, 0.15) is 32.4 Å². The molecule has 0 unspecified atom stereocenters. The van der Waals surface area contributed by atoms with Crippen molar-refractivity contribution < 1.29 is 14.7 Å². The number of carboxylic acids is 1. The van der Waals surface area contributed by atoms with Crippen molar-refractivity contribution in [3.8, 4) is 0 Å². The average molecular weight is 322 g/mol. The molecule has 0 atom stereocenters. The van der Waals surface area contributed by atoms with Crippen LogP contribution in [0.4, 0.5) is 0 Å². The summed E-state index contributed by atoms with van der Waals surface area (Å²) >= 11 is 1.29. The summed E-state index contributed by atoms with van der Waals surface area (Å²) in [6, 6.07) is 0. The minimum absolute atomic E-state index is 0.0490. The van der Waals surface area contributed by atoms with E-state index < -0.39 is 5.97 Å². The Kier molecular flexibility index (Phi) is 4.92. The number of aromatic nitrogens is 3. The number of amides is 1. The number of nitrogens with zero attached hydrogens (tertiary/aromatic N) is 3. The van der Waals surface area contributed by atoms with Crippen LogP contribution in [0.5, 0.6) is 0 Å². The average Bonchev–Trinajstić information content (AvgIpc) is 3.00. The van der Waals surface area contributed by atoms with Gasteiger partial charge in [0.1, 0.15) is 0 Å². The van der Waals surface area contributed by atoms with Gasteiger partial charge in [-0.05, 0) is 13.8 Å². The molecule has 2 N–H and O–H groups in total. The first-order chi connectivity index (χ1) is 10.4. The summed E-state index contributed by atoms with van der Waals surface area (Å²) in [7, 11) is 1.85. The molecule has 8 heteroatoms. The third-order valence-corrected chi connectivity index (χ3v) is 4.34. The fourth-order valence-corrected chi connectivity index (χ4v) is 2.90. The zero-order valence-electron chi connectivity index (χ0n) is 12.7. The Morgan fingerprint density at radius 1 is 1.41 bits per heavy atom. The van der Waals surface area contributed by atoms with Crippen LogP contribution in [0.2, 0.25) is 0 Å². The molecular weight excluding hydrogens is 304 g/mol. The van der Waals surface area contributed by atoms with Gasteiger partial charge in [0.2, 0.25) is 5.91 Å². The van der Waals surface area contributed by atoms with Gasteiger partial charge in [-0.2, -0.15) is 5.10 Å². The number of aryl methyl sites for hydroxylation is 2. The Balaban J connectivity index is 1.84. The lowest BCUT2D eigenvalue weighted by molar-refractivity contribution is -0.120. The van der Waals surface area contributed by atoms with Crippen molar-refractivity contribution in [1.82, 2.24) is 20.1 Å². The number of aromatic carboxylic acids is 1. The quantitative estimate of drug-likeness (QED) is 0.830. The second-order valence-corrected chi connectivity index (χ2v) is 5.92. The Labute approximate surface area is 132 Å². The van der Waals surface area contributed by atoms with Gasteiger partial charge < -0.3 is 10.4 Å². The maximum atomic E-state index is 12.0. The van der Waals surface area contributed by atoms with E-state index in [2.05, 4.69) is 15.4 Å². The van der Waals surface area contributed by atoms with Crippen LogP contribution >= 0.6 is 11.3 Å². The van der Waals surface area contributed by atoms with E-state index in [0.29, 0.717) is 24.4 Å². The molecule has 7 nitrogen and oxygen atoms in total. The second-order valence-electron chi connectivity index (χ2n) is 4.98. The number of rotatable bonds is 6. The van der Waals surface area contributed by atoms with Crippen molar-refractivity contribution in [3.63, 3.8) is 0 Å². The molecule has 118 valence electrons. The predicted molar refractivity (Wildman–Crippen MR) is 82.2 cm³/mol. The number of carbonyl (C=O) groups excluding carboxylic acids is 1. The van der Waals surface area contributed by atoms with E-state index in [1.54, 1.807) is 4.68 Å². The van der Waals surface area contributed by atoms with Gasteiger partial charge in [0.15, 0.2) is 5.69 Å². The van der Waals surface area contributed by atoms with Crippen LogP contribution < -0.4 is 5.32 Å². The summed E-state index contributed by atoms with van der Waals surface area (Å²) in [4.78, 5) is 26.7. The highest BCUT2D eigenvalue weighted by Crippen LogP contribution is 2.13. The number of carbonyl (C=O) groups is 2. The van der Waals surface area contributed by atoms with Gasteiger partial charge in [-0.3, -0.25) is 9.48 Å². The van der Waals surface area contributed by atoms with Crippen LogP contribution in [0.25, 0.3) is 0 Å². The summed E-state index contributed by atoms with van der Waals surface area (Å²) in [5.74, 6) is -1.11. The molecule has 0 aliphatic heterocycles. The molecule has 0 bridgehead atoms. The maximum Gasteiger partial charge on any atom is 0.355 e. The molecule has 2 heterocycles. The smallest absolute Gasteiger partial charge is 0.355 e. The van der Waals surface area contributed by atoms with Crippen molar-refractivity contribution in [2.75, 3.05) is 6.54 Å². The first kappa shape index (κ1) is 16.2. The van der Waals surface area contributed by atoms with E-state index >= 15 is 0 Å². The summed E-state index contributed by atoms with van der Waals surface area (Å²) in [6.45, 7) is 4.26. The Hall–Kier alpha value is -2.22. The van der Waals surface area contributed by atoms with E-state index in [-0.39, 0.29) is 11.6 Å². The summed E-state index contributed by atoms with van der Waals surface area (Å²) in [5, 5.41) is 18.1. The van der Waals surface area contributed by atoms with Gasteiger partial charge in [-0.25, -0.2) is 9.78 Å². The molecule has 0 aliphatic carbocycles. The SMILES string of the molecule is Cc1nn(C)c(C)c1CC(=O)NCCc1nc(C(=O)O)cs1. The fraction of sp³-hybridized carbons (Fsp3) is 0.429. The largest absolute Gasteiger partial charge is 0.476 e. The molecule has 0 fully saturated rings. The second kappa shape index (κ2) is 6.69. The minimum atomic E-state index is -1.03. The third-order valence-electron chi connectivity index (χ3n) is 3.43. The topological polar surface area (TPSA) is 97.1 Å². The highest BCUT2D eigenvalue weighted by atomic mass is 32.1. The molecule has 2 rings (SSSR count). The van der Waals surface area contributed by atoms with Crippen LogP contribution in [0.3, 0.4) is 0 Å². The maximum absolute atomic E-state index is 12.0. The standard InChI is InChI=1S/C14H18N4O3S/c1-8-10(9(2)18(3)17-8)6-12(19)15-5-4-13-16-11(7-22-13)14(20)21/h7H,4-6H2,1-3H3,(H,15,19)(H,20,21). The van der Waals surface area contributed by atoms with Crippen LogP contribution in [0, 0.1) is 13.8 Å². The van der Waals surface area contributed by atoms with Crippen molar-refractivity contribution in [3.05, 3.63) is 33.0 Å². The Morgan fingerprint density at radius 2 is 2.14 bits per heavy atom. The lowest BCUT2D eigenvalue weighted by Crippen LogP contribution is -2.27. The van der Waals surface area contributed by atoms with Gasteiger partial charge in [0.25, 0.3) is 0 Å². The van der Waals surface area contributed by atoms with E-state index in [1.165, 1.54) is 16.7 Å². The molecule has 1 amide bonds. The summed E-state index contributed by atoms with van der Waals surface area (Å²) in [5.41, 5.74) is 2.84. The molecule has 2 aromatic heterocycles. The number of hydrogen-bond donors (Lipinski definition) is 2. The molecule has 0 spiro atoms. The van der Waals surface area contributed by atoms with Crippen LogP contribution in [0.15, 0.2) is 5.38 Å². The molecule has 0 radical (unpaired) electrons. The highest BCUT2D eigenvalue weighted by molar-refractivity contribution is 7.09. The summed E-state index contributed by atoms with van der Waals surface area (Å²) < 4.78 is 1.76. The molecule has 0 aliphatic rings. The first-order valence-corrected chi connectivity index (χ1v) is 7.70. The van der Waals surface area contributed by atoms with Crippen molar-refractivity contribution in [2.24, 2.45) is 7.05 Å². The van der Waals surface area contributed by atoms with Gasteiger partial charge in [-0.15, -0.1) is 11.3 Å². The zero-order valence-corrected chi connectivity index (χ0v) is 13.5. The Morgan fingerprint density at radius 3 is 2.68 bits per heavy atom. The molecule has 2 aromatic rings. The van der Waals surface area contributed by atoms with Crippen molar-refractivity contribution in [1.29, 1.82) is 0 Å². The normalized spacial score (nSPS) is 10.7.